The third kappa shape index (κ3) is 1.87. The van der Waals surface area contributed by atoms with Crippen molar-refractivity contribution in [1.82, 2.24) is 9.97 Å². The number of nitrogens with one attached hydrogen (secondary N) is 1. The summed E-state index contributed by atoms with van der Waals surface area (Å²) >= 11 is 0. The molecule has 0 saturated heterocycles. The number of hydrogen-bond acceptors (Lipinski definition) is 2. The number of aromatic amines is 1. The fraction of sp³-hybridized carbons (Fsp3) is 0.0667. The summed E-state index contributed by atoms with van der Waals surface area (Å²) in [6.45, 7) is 2.00. The number of aryl methyl sites for hydroxylation is 1. The molecule has 94 valence electrons. The lowest BCUT2D eigenvalue weighted by Crippen LogP contribution is -1.95. The number of H-pyrrole nitrogens is 1. The number of carboxylic acid groups (broad SMARTS) is 1. The van der Waals surface area contributed by atoms with Crippen molar-refractivity contribution >= 4 is 16.9 Å². The lowest BCUT2D eigenvalue weighted by atomic mass is 10.0. The molecule has 2 N–H and O–H groups in total. The van der Waals surface area contributed by atoms with Gasteiger partial charge in [-0.05, 0) is 30.7 Å². The largest absolute Gasteiger partial charge is 0.478 e. The number of nitrogens with zero attached hydrogens (tertiary/aromatic N) is 1. The predicted molar refractivity (Wildman–Crippen MR) is 73.2 cm³/mol. The van der Waals surface area contributed by atoms with Crippen LogP contribution >= 0.6 is 0 Å². The fourth-order valence-electron chi connectivity index (χ4n) is 2.19. The van der Waals surface area contributed by atoms with Crippen molar-refractivity contribution in [2.24, 2.45) is 0 Å². The van der Waals surface area contributed by atoms with E-state index < -0.39 is 5.97 Å². The van der Waals surface area contributed by atoms with Crippen molar-refractivity contribution in [2.45, 2.75) is 6.92 Å². The normalized spacial score (nSPS) is 10.8. The standard InChI is InChI=1S/C15H12N2O2/c1-9-8-17-14(12-6-7-16-13(9)12)10-2-4-11(5-3-10)15(18)19/h2-8,16H,1H3,(H,18,19). The van der Waals surface area contributed by atoms with Crippen molar-refractivity contribution in [1.29, 1.82) is 0 Å². The first-order chi connectivity index (χ1) is 9.16. The SMILES string of the molecule is Cc1cnc(-c2ccc(C(=O)O)cc2)c2cc[nH]c12. The Labute approximate surface area is 109 Å². The second-order valence-corrected chi connectivity index (χ2v) is 4.44. The van der Waals surface area contributed by atoms with Gasteiger partial charge in [0, 0.05) is 23.3 Å². The molecule has 0 aliphatic heterocycles. The van der Waals surface area contributed by atoms with Gasteiger partial charge in [-0.25, -0.2) is 4.79 Å². The molecular weight excluding hydrogens is 240 g/mol. The topological polar surface area (TPSA) is 66.0 Å². The molecule has 0 aliphatic carbocycles. The smallest absolute Gasteiger partial charge is 0.335 e. The summed E-state index contributed by atoms with van der Waals surface area (Å²) in [5.74, 6) is -0.921. The number of carboxylic acids is 1. The molecule has 0 fully saturated rings. The van der Waals surface area contributed by atoms with E-state index in [1.165, 1.54) is 0 Å². The molecule has 4 heteroatoms. The van der Waals surface area contributed by atoms with Crippen LogP contribution < -0.4 is 0 Å². The van der Waals surface area contributed by atoms with Crippen LogP contribution in [0.15, 0.2) is 42.7 Å². The first-order valence-corrected chi connectivity index (χ1v) is 5.93. The second-order valence-electron chi connectivity index (χ2n) is 4.44. The van der Waals surface area contributed by atoms with E-state index in [0.29, 0.717) is 0 Å². The molecule has 0 unspecified atom stereocenters. The summed E-state index contributed by atoms with van der Waals surface area (Å²) in [7, 11) is 0. The van der Waals surface area contributed by atoms with Crippen molar-refractivity contribution < 1.29 is 9.90 Å². The minimum absolute atomic E-state index is 0.279. The second kappa shape index (κ2) is 4.24. The minimum atomic E-state index is -0.921. The monoisotopic (exact) mass is 252 g/mol. The van der Waals surface area contributed by atoms with Gasteiger partial charge in [0.15, 0.2) is 0 Å². The van der Waals surface area contributed by atoms with Crippen LogP contribution in [0, 0.1) is 6.92 Å². The van der Waals surface area contributed by atoms with E-state index in [1.54, 1.807) is 24.3 Å². The van der Waals surface area contributed by atoms with Crippen LogP contribution in [-0.4, -0.2) is 21.0 Å². The Morgan fingerprint density at radius 3 is 2.63 bits per heavy atom. The molecule has 4 nitrogen and oxygen atoms in total. The third-order valence-electron chi connectivity index (χ3n) is 3.19. The number of carbonyl (C=O) groups is 1. The maximum atomic E-state index is 10.8. The zero-order valence-corrected chi connectivity index (χ0v) is 10.3. The van der Waals surface area contributed by atoms with Gasteiger partial charge < -0.3 is 10.1 Å². The Bertz CT molecular complexity index is 757. The molecule has 2 aromatic heterocycles. The lowest BCUT2D eigenvalue weighted by Gasteiger charge is -2.05. The van der Waals surface area contributed by atoms with Crippen LogP contribution in [0.3, 0.4) is 0 Å². The quantitative estimate of drug-likeness (QED) is 0.735. The van der Waals surface area contributed by atoms with Gasteiger partial charge in [-0.2, -0.15) is 0 Å². The molecule has 0 amide bonds. The van der Waals surface area contributed by atoms with Gasteiger partial charge in [-0.3, -0.25) is 4.98 Å². The number of aromatic nitrogens is 2. The molecule has 0 atom stereocenters. The number of rotatable bonds is 2. The van der Waals surface area contributed by atoms with E-state index >= 15 is 0 Å². The zero-order chi connectivity index (χ0) is 13.4. The molecular formula is C15H12N2O2. The van der Waals surface area contributed by atoms with Crippen molar-refractivity contribution in [3.8, 4) is 11.3 Å². The Balaban J connectivity index is 2.16. The fourth-order valence-corrected chi connectivity index (χ4v) is 2.19. The van der Waals surface area contributed by atoms with Gasteiger partial charge >= 0.3 is 5.97 Å². The number of hydrogen-bond donors (Lipinski definition) is 2. The Morgan fingerprint density at radius 1 is 1.21 bits per heavy atom. The van der Waals surface area contributed by atoms with E-state index in [-0.39, 0.29) is 5.56 Å². The maximum Gasteiger partial charge on any atom is 0.335 e. The van der Waals surface area contributed by atoms with Crippen LogP contribution in [0.4, 0.5) is 0 Å². The summed E-state index contributed by atoms with van der Waals surface area (Å²) in [5.41, 5.74) is 4.20. The summed E-state index contributed by atoms with van der Waals surface area (Å²) in [6.07, 6.45) is 3.70. The highest BCUT2D eigenvalue weighted by atomic mass is 16.4. The average Bonchev–Trinajstić information content (AvgIpc) is 2.89. The average molecular weight is 252 g/mol. The molecule has 3 aromatic rings. The molecule has 0 spiro atoms. The number of benzene rings is 1. The number of aromatic carboxylic acids is 1. The molecule has 2 heterocycles. The molecule has 0 bridgehead atoms. The van der Waals surface area contributed by atoms with E-state index in [0.717, 1.165) is 27.7 Å². The van der Waals surface area contributed by atoms with Crippen molar-refractivity contribution in [2.75, 3.05) is 0 Å². The minimum Gasteiger partial charge on any atom is -0.478 e. The van der Waals surface area contributed by atoms with E-state index in [1.807, 2.05) is 25.4 Å². The highest BCUT2D eigenvalue weighted by molar-refractivity contribution is 5.95. The maximum absolute atomic E-state index is 10.8. The molecule has 0 aliphatic rings. The summed E-state index contributed by atoms with van der Waals surface area (Å²) in [5, 5.41) is 9.95. The Morgan fingerprint density at radius 2 is 1.95 bits per heavy atom. The third-order valence-corrected chi connectivity index (χ3v) is 3.19. The Hall–Kier alpha value is -2.62. The number of fused-ring (bicyclic) bond motifs is 1. The predicted octanol–water partition coefficient (Wildman–Crippen LogP) is 3.24. The van der Waals surface area contributed by atoms with Crippen LogP contribution in [0.2, 0.25) is 0 Å². The van der Waals surface area contributed by atoms with Gasteiger partial charge in [0.05, 0.1) is 16.8 Å². The summed E-state index contributed by atoms with van der Waals surface area (Å²) < 4.78 is 0. The Kier molecular flexibility index (Phi) is 2.56. The summed E-state index contributed by atoms with van der Waals surface area (Å²) in [6, 6.07) is 8.74. The van der Waals surface area contributed by atoms with Crippen LogP contribution in [0.25, 0.3) is 22.2 Å². The van der Waals surface area contributed by atoms with Crippen LogP contribution in [0.5, 0.6) is 0 Å². The van der Waals surface area contributed by atoms with Gasteiger partial charge in [0.2, 0.25) is 0 Å². The highest BCUT2D eigenvalue weighted by Gasteiger charge is 2.09. The van der Waals surface area contributed by atoms with E-state index in [2.05, 4.69) is 9.97 Å². The van der Waals surface area contributed by atoms with Crippen molar-refractivity contribution in [3.63, 3.8) is 0 Å². The first kappa shape index (κ1) is 11.5. The molecule has 19 heavy (non-hydrogen) atoms. The molecule has 3 rings (SSSR count). The van der Waals surface area contributed by atoms with Crippen LogP contribution in [-0.2, 0) is 0 Å². The van der Waals surface area contributed by atoms with Gasteiger partial charge in [-0.15, -0.1) is 0 Å². The van der Waals surface area contributed by atoms with Crippen LogP contribution in [0.1, 0.15) is 15.9 Å². The van der Waals surface area contributed by atoms with Gasteiger partial charge in [-0.1, -0.05) is 12.1 Å². The van der Waals surface area contributed by atoms with E-state index in [9.17, 15) is 4.79 Å². The molecule has 0 radical (unpaired) electrons. The van der Waals surface area contributed by atoms with E-state index in [4.69, 9.17) is 5.11 Å². The summed E-state index contributed by atoms with van der Waals surface area (Å²) in [4.78, 5) is 18.5. The van der Waals surface area contributed by atoms with Gasteiger partial charge in [0.25, 0.3) is 0 Å². The zero-order valence-electron chi connectivity index (χ0n) is 10.3. The molecule has 0 saturated carbocycles. The van der Waals surface area contributed by atoms with Gasteiger partial charge in [0.1, 0.15) is 0 Å². The highest BCUT2D eigenvalue weighted by Crippen LogP contribution is 2.27. The molecule has 1 aromatic carbocycles. The first-order valence-electron chi connectivity index (χ1n) is 5.93. The number of pyridine rings is 1. The lowest BCUT2D eigenvalue weighted by molar-refractivity contribution is 0.0697. The van der Waals surface area contributed by atoms with Crippen molar-refractivity contribution in [3.05, 3.63) is 53.9 Å².